The van der Waals surface area contributed by atoms with Crippen molar-refractivity contribution < 1.29 is 19.1 Å². The Morgan fingerprint density at radius 3 is 3.05 bits per heavy atom. The number of oxazole rings is 1. The molecule has 6 nitrogen and oxygen atoms in total. The second-order valence-corrected chi connectivity index (χ2v) is 5.05. The van der Waals surface area contributed by atoms with E-state index < -0.39 is 11.9 Å². The molecule has 0 spiro atoms. The molecule has 1 saturated heterocycles. The van der Waals surface area contributed by atoms with Crippen LogP contribution in [0.3, 0.4) is 0 Å². The lowest BCUT2D eigenvalue weighted by Crippen LogP contribution is -2.25. The van der Waals surface area contributed by atoms with Crippen LogP contribution in [0.4, 0.5) is 0 Å². The molecule has 2 heterocycles. The van der Waals surface area contributed by atoms with Crippen molar-refractivity contribution >= 4 is 23.0 Å². The molecule has 0 bridgehead atoms. The monoisotopic (exact) mass is 274 g/mol. The van der Waals surface area contributed by atoms with Gasteiger partial charge in [-0.1, -0.05) is 6.07 Å². The number of benzene rings is 1. The van der Waals surface area contributed by atoms with Gasteiger partial charge in [-0.2, -0.15) is 0 Å². The highest BCUT2D eigenvalue weighted by atomic mass is 16.4. The first-order chi connectivity index (χ1) is 9.52. The number of carboxylic acids is 1. The number of nitrogens with zero attached hydrogens (tertiary/aromatic N) is 2. The van der Waals surface area contributed by atoms with Crippen molar-refractivity contribution in [3.63, 3.8) is 0 Å². The minimum absolute atomic E-state index is 0.0840. The Labute approximate surface area is 115 Å². The number of carboxylic acid groups (broad SMARTS) is 1. The van der Waals surface area contributed by atoms with Gasteiger partial charge >= 0.3 is 5.97 Å². The Kier molecular flexibility index (Phi) is 2.93. The van der Waals surface area contributed by atoms with Gasteiger partial charge in [0.15, 0.2) is 11.5 Å². The fourth-order valence-corrected chi connectivity index (χ4v) is 2.50. The molecule has 3 rings (SSSR count). The van der Waals surface area contributed by atoms with Gasteiger partial charge < -0.3 is 14.4 Å². The Morgan fingerprint density at radius 2 is 2.35 bits per heavy atom. The molecular weight excluding hydrogens is 260 g/mol. The quantitative estimate of drug-likeness (QED) is 0.918. The van der Waals surface area contributed by atoms with Crippen molar-refractivity contribution in [1.82, 2.24) is 9.88 Å². The Bertz CT molecular complexity index is 692. The SMILES string of the molecule is Cc1nc2cc(CN3CC(C(=O)O)CC3=O)ccc2o1. The van der Waals surface area contributed by atoms with E-state index in [1.165, 1.54) is 0 Å². The van der Waals surface area contributed by atoms with Gasteiger partial charge in [0.25, 0.3) is 0 Å². The number of hydrogen-bond donors (Lipinski definition) is 1. The first kappa shape index (κ1) is 12.7. The van der Waals surface area contributed by atoms with Gasteiger partial charge in [-0.3, -0.25) is 9.59 Å². The Balaban J connectivity index is 1.79. The summed E-state index contributed by atoms with van der Waals surface area (Å²) in [5, 5.41) is 8.96. The summed E-state index contributed by atoms with van der Waals surface area (Å²) in [5.41, 5.74) is 2.38. The van der Waals surface area contributed by atoms with Crippen molar-refractivity contribution in [1.29, 1.82) is 0 Å². The molecule has 20 heavy (non-hydrogen) atoms. The standard InChI is InChI=1S/C14H14N2O4/c1-8-15-11-4-9(2-3-12(11)20-8)6-16-7-10(14(18)19)5-13(16)17/h2-4,10H,5-7H2,1H3,(H,18,19). The second kappa shape index (κ2) is 4.63. The zero-order valence-electron chi connectivity index (χ0n) is 11.0. The molecule has 1 atom stereocenters. The highest BCUT2D eigenvalue weighted by molar-refractivity contribution is 5.86. The smallest absolute Gasteiger partial charge is 0.308 e. The van der Waals surface area contributed by atoms with Crippen molar-refractivity contribution in [3.8, 4) is 0 Å². The van der Waals surface area contributed by atoms with Crippen molar-refractivity contribution in [3.05, 3.63) is 29.7 Å². The molecule has 2 aromatic rings. The van der Waals surface area contributed by atoms with E-state index in [0.29, 0.717) is 18.0 Å². The van der Waals surface area contributed by atoms with Crippen LogP contribution >= 0.6 is 0 Å². The molecule has 1 aliphatic heterocycles. The van der Waals surface area contributed by atoms with E-state index >= 15 is 0 Å². The van der Waals surface area contributed by atoms with Gasteiger partial charge in [0.2, 0.25) is 5.91 Å². The number of hydrogen-bond acceptors (Lipinski definition) is 4. The van der Waals surface area contributed by atoms with E-state index in [4.69, 9.17) is 9.52 Å². The molecule has 0 aliphatic carbocycles. The van der Waals surface area contributed by atoms with Crippen LogP contribution < -0.4 is 0 Å². The van der Waals surface area contributed by atoms with Gasteiger partial charge in [0.1, 0.15) is 5.52 Å². The molecule has 0 saturated carbocycles. The number of likely N-dealkylation sites (tertiary alicyclic amines) is 1. The highest BCUT2D eigenvalue weighted by Gasteiger charge is 2.34. The third-order valence-electron chi connectivity index (χ3n) is 3.50. The number of aromatic nitrogens is 1. The van der Waals surface area contributed by atoms with Crippen LogP contribution in [0.25, 0.3) is 11.1 Å². The number of fused-ring (bicyclic) bond motifs is 1. The van der Waals surface area contributed by atoms with Gasteiger partial charge in [0, 0.05) is 26.4 Å². The lowest BCUT2D eigenvalue weighted by Gasteiger charge is -2.15. The van der Waals surface area contributed by atoms with Crippen molar-refractivity contribution in [2.45, 2.75) is 19.9 Å². The number of aliphatic carboxylic acids is 1. The molecule has 1 fully saturated rings. The summed E-state index contributed by atoms with van der Waals surface area (Å²) in [6.07, 6.45) is 0.0840. The van der Waals surface area contributed by atoms with Crippen LogP contribution in [0.5, 0.6) is 0 Å². The minimum atomic E-state index is -0.913. The summed E-state index contributed by atoms with van der Waals surface area (Å²) in [7, 11) is 0. The zero-order chi connectivity index (χ0) is 14.3. The van der Waals surface area contributed by atoms with Gasteiger partial charge in [-0.25, -0.2) is 4.98 Å². The van der Waals surface area contributed by atoms with Crippen LogP contribution in [0.1, 0.15) is 17.9 Å². The first-order valence-electron chi connectivity index (χ1n) is 6.39. The molecule has 1 aliphatic rings. The number of amides is 1. The maximum atomic E-state index is 11.8. The van der Waals surface area contributed by atoms with Crippen LogP contribution in [0.15, 0.2) is 22.6 Å². The van der Waals surface area contributed by atoms with E-state index in [-0.39, 0.29) is 18.9 Å². The van der Waals surface area contributed by atoms with Crippen LogP contribution in [-0.4, -0.2) is 33.4 Å². The van der Waals surface area contributed by atoms with Crippen molar-refractivity contribution in [2.75, 3.05) is 6.54 Å². The molecule has 1 amide bonds. The van der Waals surface area contributed by atoms with E-state index in [2.05, 4.69) is 4.98 Å². The number of aryl methyl sites for hydroxylation is 1. The predicted molar refractivity (Wildman–Crippen MR) is 69.9 cm³/mol. The third-order valence-corrected chi connectivity index (χ3v) is 3.50. The van der Waals surface area contributed by atoms with E-state index in [1.807, 2.05) is 18.2 Å². The Morgan fingerprint density at radius 1 is 1.55 bits per heavy atom. The Hall–Kier alpha value is -2.37. The number of carbonyl (C=O) groups excluding carboxylic acids is 1. The molecule has 6 heteroatoms. The minimum Gasteiger partial charge on any atom is -0.481 e. The lowest BCUT2D eigenvalue weighted by atomic mass is 10.1. The molecule has 104 valence electrons. The van der Waals surface area contributed by atoms with Gasteiger partial charge in [0.05, 0.1) is 5.92 Å². The van der Waals surface area contributed by atoms with E-state index in [0.717, 1.165) is 11.1 Å². The normalized spacial score (nSPS) is 18.9. The summed E-state index contributed by atoms with van der Waals surface area (Å²) in [4.78, 5) is 28.5. The lowest BCUT2D eigenvalue weighted by molar-refractivity contribution is -0.141. The maximum Gasteiger partial charge on any atom is 0.308 e. The van der Waals surface area contributed by atoms with Gasteiger partial charge in [-0.05, 0) is 17.7 Å². The summed E-state index contributed by atoms with van der Waals surface area (Å²) >= 11 is 0. The highest BCUT2D eigenvalue weighted by Crippen LogP contribution is 2.22. The molecular formula is C14H14N2O4. The zero-order valence-corrected chi connectivity index (χ0v) is 11.0. The fourth-order valence-electron chi connectivity index (χ4n) is 2.50. The summed E-state index contributed by atoms with van der Waals surface area (Å²) in [5.74, 6) is -1.03. The predicted octanol–water partition coefficient (Wildman–Crippen LogP) is 1.57. The average Bonchev–Trinajstić information content (AvgIpc) is 2.92. The second-order valence-electron chi connectivity index (χ2n) is 5.05. The van der Waals surface area contributed by atoms with Crippen LogP contribution in [0, 0.1) is 12.8 Å². The molecule has 1 aromatic heterocycles. The van der Waals surface area contributed by atoms with Crippen molar-refractivity contribution in [2.24, 2.45) is 5.92 Å². The summed E-state index contributed by atoms with van der Waals surface area (Å²) in [6, 6.07) is 5.56. The van der Waals surface area contributed by atoms with Gasteiger partial charge in [-0.15, -0.1) is 0 Å². The maximum absolute atomic E-state index is 11.8. The van der Waals surface area contributed by atoms with E-state index in [1.54, 1.807) is 11.8 Å². The first-order valence-corrected chi connectivity index (χ1v) is 6.39. The summed E-state index contributed by atoms with van der Waals surface area (Å²) in [6.45, 7) is 2.45. The molecule has 1 N–H and O–H groups in total. The summed E-state index contributed by atoms with van der Waals surface area (Å²) < 4.78 is 5.39. The number of carbonyl (C=O) groups is 2. The van der Waals surface area contributed by atoms with E-state index in [9.17, 15) is 9.59 Å². The topological polar surface area (TPSA) is 83.6 Å². The number of rotatable bonds is 3. The van der Waals surface area contributed by atoms with Crippen LogP contribution in [-0.2, 0) is 16.1 Å². The average molecular weight is 274 g/mol. The fraction of sp³-hybridized carbons (Fsp3) is 0.357. The molecule has 1 aromatic carbocycles. The third kappa shape index (κ3) is 2.24. The van der Waals surface area contributed by atoms with Crippen LogP contribution in [0.2, 0.25) is 0 Å². The largest absolute Gasteiger partial charge is 0.481 e. The molecule has 0 radical (unpaired) electrons. The molecule has 1 unspecified atom stereocenters.